The van der Waals surface area contributed by atoms with Crippen molar-refractivity contribution in [2.24, 2.45) is 0 Å². The normalized spacial score (nSPS) is 17.2. The first-order valence-corrected chi connectivity index (χ1v) is 7.91. The Balaban J connectivity index is 1.73. The molecular formula is C19H19FN2O2. The number of carbonyl (C=O) groups is 2. The molecule has 1 heterocycles. The van der Waals surface area contributed by atoms with Gasteiger partial charge >= 0.3 is 0 Å². The first-order chi connectivity index (χ1) is 11.5. The third-order valence-electron chi connectivity index (χ3n) is 4.43. The predicted molar refractivity (Wildman–Crippen MR) is 90.5 cm³/mol. The van der Waals surface area contributed by atoms with Gasteiger partial charge in [-0.3, -0.25) is 9.59 Å². The van der Waals surface area contributed by atoms with Gasteiger partial charge in [-0.1, -0.05) is 18.2 Å². The molecule has 2 aromatic rings. The van der Waals surface area contributed by atoms with Crippen LogP contribution in [0.2, 0.25) is 0 Å². The van der Waals surface area contributed by atoms with Gasteiger partial charge in [-0.25, -0.2) is 4.39 Å². The number of hydrogen-bond donors (Lipinski definition) is 1. The van der Waals surface area contributed by atoms with E-state index in [2.05, 4.69) is 5.32 Å². The molecule has 0 aliphatic carbocycles. The third-order valence-corrected chi connectivity index (χ3v) is 4.43. The molecule has 1 saturated heterocycles. The van der Waals surface area contributed by atoms with Crippen LogP contribution in [0, 0.1) is 19.7 Å². The molecule has 24 heavy (non-hydrogen) atoms. The molecular weight excluding hydrogens is 307 g/mol. The van der Waals surface area contributed by atoms with Crippen LogP contribution in [-0.4, -0.2) is 24.4 Å². The van der Waals surface area contributed by atoms with Crippen molar-refractivity contribution in [2.75, 3.05) is 11.4 Å². The van der Waals surface area contributed by atoms with E-state index in [1.807, 2.05) is 32.0 Å². The highest BCUT2D eigenvalue weighted by molar-refractivity contribution is 6.04. The molecule has 0 aromatic heterocycles. The Hall–Kier alpha value is -2.69. The standard InChI is InChI=1S/C19H19FN2O2/c1-12-7-8-14(11-13(12)2)22-10-9-17(19(22)24)21-18(23)15-5-3-4-6-16(15)20/h3-8,11,17H,9-10H2,1-2H3,(H,21,23)/t17-/m0/s1. The van der Waals surface area contributed by atoms with Gasteiger partial charge < -0.3 is 10.2 Å². The number of nitrogens with zero attached hydrogens (tertiary/aromatic N) is 1. The maximum absolute atomic E-state index is 13.7. The van der Waals surface area contributed by atoms with Crippen LogP contribution in [0.1, 0.15) is 27.9 Å². The second-order valence-corrected chi connectivity index (χ2v) is 6.05. The number of rotatable bonds is 3. The fourth-order valence-electron chi connectivity index (χ4n) is 2.85. The fourth-order valence-corrected chi connectivity index (χ4v) is 2.85. The molecule has 124 valence electrons. The first-order valence-electron chi connectivity index (χ1n) is 7.91. The smallest absolute Gasteiger partial charge is 0.254 e. The van der Waals surface area contributed by atoms with Crippen LogP contribution < -0.4 is 10.2 Å². The number of anilines is 1. The van der Waals surface area contributed by atoms with Crippen molar-refractivity contribution in [3.05, 3.63) is 65.0 Å². The van der Waals surface area contributed by atoms with Crippen molar-refractivity contribution >= 4 is 17.5 Å². The van der Waals surface area contributed by atoms with E-state index in [4.69, 9.17) is 0 Å². The van der Waals surface area contributed by atoms with Crippen LogP contribution in [-0.2, 0) is 4.79 Å². The molecule has 4 nitrogen and oxygen atoms in total. The average Bonchev–Trinajstić information content (AvgIpc) is 2.91. The summed E-state index contributed by atoms with van der Waals surface area (Å²) in [6.07, 6.45) is 0.506. The van der Waals surface area contributed by atoms with E-state index >= 15 is 0 Å². The molecule has 2 aromatic carbocycles. The minimum atomic E-state index is -0.626. The van der Waals surface area contributed by atoms with E-state index in [0.717, 1.165) is 16.8 Å². The summed E-state index contributed by atoms with van der Waals surface area (Å²) in [5.74, 6) is -1.32. The van der Waals surface area contributed by atoms with E-state index in [-0.39, 0.29) is 11.5 Å². The number of carbonyl (C=O) groups excluding carboxylic acids is 2. The van der Waals surface area contributed by atoms with Gasteiger partial charge in [-0.2, -0.15) is 0 Å². The second kappa shape index (κ2) is 6.43. The molecule has 1 N–H and O–H groups in total. The van der Waals surface area contributed by atoms with E-state index < -0.39 is 17.8 Å². The number of amides is 2. The Morgan fingerprint density at radius 1 is 1.17 bits per heavy atom. The van der Waals surface area contributed by atoms with Gasteiger partial charge in [0, 0.05) is 12.2 Å². The maximum atomic E-state index is 13.7. The maximum Gasteiger partial charge on any atom is 0.254 e. The van der Waals surface area contributed by atoms with Gasteiger partial charge in [0.25, 0.3) is 5.91 Å². The van der Waals surface area contributed by atoms with Crippen LogP contribution in [0.15, 0.2) is 42.5 Å². The summed E-state index contributed by atoms with van der Waals surface area (Å²) < 4.78 is 13.7. The zero-order valence-electron chi connectivity index (χ0n) is 13.7. The highest BCUT2D eigenvalue weighted by Crippen LogP contribution is 2.24. The number of benzene rings is 2. The van der Waals surface area contributed by atoms with Gasteiger partial charge in [0.05, 0.1) is 5.56 Å². The SMILES string of the molecule is Cc1ccc(N2CC[C@H](NC(=O)c3ccccc3F)C2=O)cc1C. The van der Waals surface area contributed by atoms with Gasteiger partial charge in [-0.15, -0.1) is 0 Å². The molecule has 1 fully saturated rings. The largest absolute Gasteiger partial charge is 0.340 e. The van der Waals surface area contributed by atoms with Gasteiger partial charge in [-0.05, 0) is 55.7 Å². The molecule has 1 aliphatic rings. The van der Waals surface area contributed by atoms with E-state index in [0.29, 0.717) is 13.0 Å². The van der Waals surface area contributed by atoms with Crippen molar-refractivity contribution in [3.63, 3.8) is 0 Å². The van der Waals surface area contributed by atoms with Crippen LogP contribution in [0.4, 0.5) is 10.1 Å². The number of halogens is 1. The highest BCUT2D eigenvalue weighted by Gasteiger charge is 2.34. The van der Waals surface area contributed by atoms with Crippen molar-refractivity contribution in [1.82, 2.24) is 5.32 Å². The quantitative estimate of drug-likeness (QED) is 0.943. The molecule has 0 saturated carbocycles. The molecule has 0 bridgehead atoms. The molecule has 0 radical (unpaired) electrons. The lowest BCUT2D eigenvalue weighted by atomic mass is 10.1. The number of hydrogen-bond acceptors (Lipinski definition) is 2. The summed E-state index contributed by atoms with van der Waals surface area (Å²) >= 11 is 0. The van der Waals surface area contributed by atoms with Crippen molar-refractivity contribution in [1.29, 1.82) is 0 Å². The summed E-state index contributed by atoms with van der Waals surface area (Å²) in [5, 5.41) is 2.64. The van der Waals surface area contributed by atoms with Gasteiger partial charge in [0.2, 0.25) is 5.91 Å². The number of nitrogens with one attached hydrogen (secondary N) is 1. The monoisotopic (exact) mass is 326 g/mol. The molecule has 3 rings (SSSR count). The number of aryl methyl sites for hydroxylation is 2. The van der Waals surface area contributed by atoms with Gasteiger partial charge in [0.1, 0.15) is 11.9 Å². The topological polar surface area (TPSA) is 49.4 Å². The molecule has 0 spiro atoms. The van der Waals surface area contributed by atoms with Gasteiger partial charge in [0.15, 0.2) is 0 Å². The van der Waals surface area contributed by atoms with Crippen molar-refractivity contribution in [3.8, 4) is 0 Å². The molecule has 2 amide bonds. The highest BCUT2D eigenvalue weighted by atomic mass is 19.1. The van der Waals surface area contributed by atoms with E-state index in [1.54, 1.807) is 11.0 Å². The van der Waals surface area contributed by atoms with Crippen LogP contribution in [0.5, 0.6) is 0 Å². The second-order valence-electron chi connectivity index (χ2n) is 6.05. The zero-order valence-corrected chi connectivity index (χ0v) is 13.7. The summed E-state index contributed by atoms with van der Waals surface area (Å²) in [7, 11) is 0. The lowest BCUT2D eigenvalue weighted by Crippen LogP contribution is -2.41. The predicted octanol–water partition coefficient (Wildman–Crippen LogP) is 2.98. The molecule has 0 unspecified atom stereocenters. The Kier molecular flexibility index (Phi) is 4.34. The molecule has 1 atom stereocenters. The van der Waals surface area contributed by atoms with Crippen LogP contribution in [0.25, 0.3) is 0 Å². The van der Waals surface area contributed by atoms with Crippen LogP contribution in [0.3, 0.4) is 0 Å². The Morgan fingerprint density at radius 2 is 1.92 bits per heavy atom. The van der Waals surface area contributed by atoms with E-state index in [1.165, 1.54) is 18.2 Å². The zero-order chi connectivity index (χ0) is 17.3. The first kappa shape index (κ1) is 16.2. The third kappa shape index (κ3) is 3.02. The minimum Gasteiger partial charge on any atom is -0.340 e. The average molecular weight is 326 g/mol. The Labute approximate surface area is 140 Å². The Morgan fingerprint density at radius 3 is 2.62 bits per heavy atom. The lowest BCUT2D eigenvalue weighted by molar-refractivity contribution is -0.118. The summed E-state index contributed by atoms with van der Waals surface area (Å²) in [4.78, 5) is 26.4. The van der Waals surface area contributed by atoms with E-state index in [9.17, 15) is 14.0 Å². The summed E-state index contributed by atoms with van der Waals surface area (Å²) in [5.41, 5.74) is 3.05. The Bertz CT molecular complexity index is 804. The summed E-state index contributed by atoms with van der Waals surface area (Å²) in [6.45, 7) is 4.54. The molecule has 1 aliphatic heterocycles. The van der Waals surface area contributed by atoms with Crippen LogP contribution >= 0.6 is 0 Å². The lowest BCUT2D eigenvalue weighted by Gasteiger charge is -2.18. The van der Waals surface area contributed by atoms with Crippen molar-refractivity contribution < 1.29 is 14.0 Å². The van der Waals surface area contributed by atoms with Crippen molar-refractivity contribution in [2.45, 2.75) is 26.3 Å². The summed E-state index contributed by atoms with van der Waals surface area (Å²) in [6, 6.07) is 11.0. The molecule has 5 heteroatoms. The minimum absolute atomic E-state index is 0.0464. The fraction of sp³-hybridized carbons (Fsp3) is 0.263.